The fourth-order valence-electron chi connectivity index (χ4n) is 6.99. The SMILES string of the molecule is CC1(C)OB(c2ccc(NC(=O)NCCCCCCCCNC(=O)Nc3cccc4c(C(=O)C(=O)N5CCN(C(=O)c6ccccc6)CC5)c[nH]c34)cc2)OC1(C)C. The summed E-state index contributed by atoms with van der Waals surface area (Å²) < 4.78 is 12.2. The zero-order valence-corrected chi connectivity index (χ0v) is 33.8. The molecule has 3 aromatic carbocycles. The molecule has 1 aromatic heterocycles. The van der Waals surface area contributed by atoms with E-state index in [1.54, 1.807) is 35.2 Å². The van der Waals surface area contributed by atoms with Crippen molar-refractivity contribution in [2.24, 2.45) is 0 Å². The van der Waals surface area contributed by atoms with Gasteiger partial charge >= 0.3 is 19.2 Å². The van der Waals surface area contributed by atoms with Crippen molar-refractivity contribution in [1.82, 2.24) is 25.4 Å². The summed E-state index contributed by atoms with van der Waals surface area (Å²) in [6.07, 6.45) is 7.18. The highest BCUT2D eigenvalue weighted by Crippen LogP contribution is 2.36. The number of urea groups is 2. The lowest BCUT2D eigenvalue weighted by Crippen LogP contribution is -2.52. The number of piperazine rings is 1. The van der Waals surface area contributed by atoms with E-state index in [9.17, 15) is 24.0 Å². The van der Waals surface area contributed by atoms with Crippen molar-refractivity contribution in [3.05, 3.63) is 90.1 Å². The molecule has 4 aromatic rings. The fraction of sp³-hybridized carbons (Fsp3) is 0.419. The van der Waals surface area contributed by atoms with Gasteiger partial charge in [-0.05, 0) is 76.3 Å². The van der Waals surface area contributed by atoms with Crippen molar-refractivity contribution in [3.8, 4) is 0 Å². The number of hydrogen-bond donors (Lipinski definition) is 5. The smallest absolute Gasteiger partial charge is 0.399 e. The Morgan fingerprint density at radius 3 is 1.86 bits per heavy atom. The van der Waals surface area contributed by atoms with Crippen molar-refractivity contribution in [1.29, 1.82) is 0 Å². The molecule has 2 saturated heterocycles. The fourth-order valence-corrected chi connectivity index (χ4v) is 6.99. The lowest BCUT2D eigenvalue weighted by molar-refractivity contribution is -0.127. The van der Waals surface area contributed by atoms with Crippen LogP contribution in [0.15, 0.2) is 79.0 Å². The maximum Gasteiger partial charge on any atom is 0.494 e. The largest absolute Gasteiger partial charge is 0.494 e. The molecule has 15 heteroatoms. The monoisotopic (exact) mass is 791 g/mol. The molecule has 0 saturated carbocycles. The quantitative estimate of drug-likeness (QED) is 0.0430. The number of nitrogens with zero attached hydrogens (tertiary/aromatic N) is 2. The summed E-state index contributed by atoms with van der Waals surface area (Å²) in [5, 5.41) is 12.1. The Kier molecular flexibility index (Phi) is 13.5. The number of hydrogen-bond acceptors (Lipinski definition) is 7. The molecule has 2 aliphatic heterocycles. The molecule has 306 valence electrons. The summed E-state index contributed by atoms with van der Waals surface area (Å²) in [7, 11) is -0.447. The van der Waals surface area contributed by atoms with Crippen LogP contribution in [0, 0.1) is 0 Å². The first-order chi connectivity index (χ1) is 27.8. The Labute approximate surface area is 339 Å². The Morgan fingerprint density at radius 2 is 1.24 bits per heavy atom. The van der Waals surface area contributed by atoms with Crippen molar-refractivity contribution in [3.63, 3.8) is 0 Å². The molecule has 2 fully saturated rings. The van der Waals surface area contributed by atoms with Gasteiger partial charge in [0, 0.05) is 62.1 Å². The number of fused-ring (bicyclic) bond motifs is 1. The first-order valence-electron chi connectivity index (χ1n) is 20.2. The summed E-state index contributed by atoms with van der Waals surface area (Å²) in [4.78, 5) is 70.7. The third-order valence-electron chi connectivity index (χ3n) is 11.1. The minimum absolute atomic E-state index is 0.0978. The van der Waals surface area contributed by atoms with E-state index >= 15 is 0 Å². The van der Waals surface area contributed by atoms with E-state index in [1.165, 1.54) is 11.1 Å². The van der Waals surface area contributed by atoms with E-state index in [0.717, 1.165) is 44.0 Å². The number of ketones is 1. The standard InChI is InChI=1S/C43H54BN7O7/c1-42(2)43(3,4)58-44(57-42)31-19-21-32(22-20-31)48-40(55)45-23-12-7-5-6-8-13-24-46-41(56)49-35-18-14-17-33-34(29-47-36(33)35)37(52)39(54)51-27-25-50(26-28-51)38(53)30-15-10-9-11-16-30/h9-11,14-22,29,47H,5-8,12-13,23-28H2,1-4H3,(H2,45,48,55)(H2,46,49,56). The third kappa shape index (κ3) is 10.2. The second kappa shape index (κ2) is 18.7. The highest BCUT2D eigenvalue weighted by atomic mass is 16.7. The lowest BCUT2D eigenvalue weighted by atomic mass is 9.79. The normalized spacial score (nSPS) is 15.9. The number of para-hydroxylation sites is 1. The molecular formula is C43H54BN7O7. The summed E-state index contributed by atoms with van der Waals surface area (Å²) in [6, 6.07) is 21.1. The van der Waals surface area contributed by atoms with Crippen LogP contribution in [-0.4, -0.2) is 102 Å². The van der Waals surface area contributed by atoms with E-state index in [2.05, 4.69) is 26.3 Å². The average Bonchev–Trinajstić information content (AvgIpc) is 3.75. The number of Topliss-reactive ketones (excluding diaryl/α,β-unsaturated/α-hetero) is 1. The van der Waals surface area contributed by atoms with Gasteiger partial charge < -0.3 is 45.4 Å². The van der Waals surface area contributed by atoms with Gasteiger partial charge in [-0.25, -0.2) is 9.59 Å². The zero-order valence-electron chi connectivity index (χ0n) is 33.8. The number of unbranched alkanes of at least 4 members (excludes halogenated alkanes) is 5. The first kappa shape index (κ1) is 42.0. The van der Waals surface area contributed by atoms with Gasteiger partial charge in [-0.3, -0.25) is 14.4 Å². The van der Waals surface area contributed by atoms with Crippen molar-refractivity contribution < 1.29 is 33.3 Å². The van der Waals surface area contributed by atoms with Crippen LogP contribution in [-0.2, 0) is 14.1 Å². The van der Waals surface area contributed by atoms with E-state index < -0.39 is 30.0 Å². The van der Waals surface area contributed by atoms with Gasteiger partial charge in [0.25, 0.3) is 17.6 Å². The summed E-state index contributed by atoms with van der Waals surface area (Å²) in [5.41, 5.74) is 2.62. The molecule has 0 bridgehead atoms. The van der Waals surface area contributed by atoms with Crippen LogP contribution >= 0.6 is 0 Å². The van der Waals surface area contributed by atoms with E-state index in [4.69, 9.17) is 9.31 Å². The average molecular weight is 792 g/mol. The highest BCUT2D eigenvalue weighted by molar-refractivity contribution is 6.62. The van der Waals surface area contributed by atoms with E-state index in [-0.39, 0.29) is 36.6 Å². The number of rotatable bonds is 15. The van der Waals surface area contributed by atoms with Crippen LogP contribution in [0.5, 0.6) is 0 Å². The molecule has 14 nitrogen and oxygen atoms in total. The van der Waals surface area contributed by atoms with Crippen LogP contribution in [0.25, 0.3) is 10.9 Å². The number of nitrogens with one attached hydrogen (secondary N) is 5. The number of aromatic amines is 1. The summed E-state index contributed by atoms with van der Waals surface area (Å²) >= 11 is 0. The molecule has 0 radical (unpaired) electrons. The van der Waals surface area contributed by atoms with Crippen LogP contribution in [0.3, 0.4) is 0 Å². The third-order valence-corrected chi connectivity index (χ3v) is 11.1. The van der Waals surface area contributed by atoms with Crippen molar-refractivity contribution >= 4 is 64.5 Å². The molecule has 0 aliphatic carbocycles. The number of anilines is 2. The topological polar surface area (TPSA) is 174 Å². The number of amides is 6. The minimum atomic E-state index is -0.644. The number of aromatic nitrogens is 1. The minimum Gasteiger partial charge on any atom is -0.399 e. The molecule has 0 spiro atoms. The maximum atomic E-state index is 13.3. The van der Waals surface area contributed by atoms with E-state index in [0.29, 0.717) is 54.0 Å². The molecule has 58 heavy (non-hydrogen) atoms. The predicted octanol–water partition coefficient (Wildman–Crippen LogP) is 5.92. The van der Waals surface area contributed by atoms with Crippen molar-refractivity contribution in [2.75, 3.05) is 49.9 Å². The second-order valence-electron chi connectivity index (χ2n) is 15.8. The number of carbonyl (C=O) groups is 5. The zero-order chi connectivity index (χ0) is 41.3. The second-order valence-corrected chi connectivity index (χ2v) is 15.8. The Hall–Kier alpha value is -5.67. The Bertz CT molecular complexity index is 2060. The summed E-state index contributed by atoms with van der Waals surface area (Å²) in [5.74, 6) is -1.37. The van der Waals surface area contributed by atoms with Gasteiger partial charge in [-0.2, -0.15) is 0 Å². The lowest BCUT2D eigenvalue weighted by Gasteiger charge is -2.34. The van der Waals surface area contributed by atoms with Gasteiger partial charge in [0.15, 0.2) is 0 Å². The van der Waals surface area contributed by atoms with E-state index in [1.807, 2.05) is 70.2 Å². The Morgan fingerprint density at radius 1 is 0.672 bits per heavy atom. The summed E-state index contributed by atoms with van der Waals surface area (Å²) in [6.45, 7) is 10.4. The maximum absolute atomic E-state index is 13.3. The van der Waals surface area contributed by atoms with Crippen LogP contribution < -0.4 is 26.7 Å². The van der Waals surface area contributed by atoms with Crippen molar-refractivity contribution in [2.45, 2.75) is 77.4 Å². The predicted molar refractivity (Wildman–Crippen MR) is 225 cm³/mol. The van der Waals surface area contributed by atoms with Crippen LogP contribution in [0.1, 0.15) is 86.9 Å². The molecule has 6 rings (SSSR count). The molecule has 2 aliphatic rings. The van der Waals surface area contributed by atoms with Crippen LogP contribution in [0.2, 0.25) is 0 Å². The van der Waals surface area contributed by atoms with Gasteiger partial charge in [-0.15, -0.1) is 0 Å². The van der Waals surface area contributed by atoms with Gasteiger partial charge in [0.2, 0.25) is 0 Å². The molecular weight excluding hydrogens is 737 g/mol. The number of benzene rings is 3. The molecule has 6 amide bonds. The van der Waals surface area contributed by atoms with Gasteiger partial charge in [0.1, 0.15) is 0 Å². The van der Waals surface area contributed by atoms with Gasteiger partial charge in [-0.1, -0.05) is 68.1 Å². The molecule has 3 heterocycles. The first-order valence-corrected chi connectivity index (χ1v) is 20.2. The molecule has 0 atom stereocenters. The molecule has 0 unspecified atom stereocenters. The molecule has 5 N–H and O–H groups in total. The number of H-pyrrole nitrogens is 1. The number of carbonyl (C=O) groups excluding carboxylic acids is 5. The highest BCUT2D eigenvalue weighted by Gasteiger charge is 2.51. The Balaban J connectivity index is 0.829. The van der Waals surface area contributed by atoms with Gasteiger partial charge in [0.05, 0.1) is 28.0 Å². The van der Waals surface area contributed by atoms with Crippen LogP contribution in [0.4, 0.5) is 21.0 Å².